The average molecular weight is 237 g/mol. The van der Waals surface area contributed by atoms with Gasteiger partial charge in [0.15, 0.2) is 0 Å². The van der Waals surface area contributed by atoms with Crippen molar-refractivity contribution in [2.24, 2.45) is 5.73 Å². The second-order valence-corrected chi connectivity index (χ2v) is 4.20. The topological polar surface area (TPSA) is 83.5 Å². The van der Waals surface area contributed by atoms with Crippen molar-refractivity contribution < 1.29 is 15.0 Å². The van der Waals surface area contributed by atoms with Crippen LogP contribution in [0.25, 0.3) is 0 Å². The quantitative estimate of drug-likeness (QED) is 0.699. The number of carbonyl (C=O) groups is 1. The number of carboxylic acids is 1. The molecule has 4 heteroatoms. The Hall–Kier alpha value is -1.39. The van der Waals surface area contributed by atoms with Gasteiger partial charge >= 0.3 is 5.97 Å². The average Bonchev–Trinajstić information content (AvgIpc) is 2.28. The molecule has 0 fully saturated rings. The van der Waals surface area contributed by atoms with Crippen LogP contribution >= 0.6 is 0 Å². The zero-order valence-corrected chi connectivity index (χ0v) is 9.97. The summed E-state index contributed by atoms with van der Waals surface area (Å²) in [5.41, 5.74) is 7.49. The summed E-state index contributed by atoms with van der Waals surface area (Å²) in [7, 11) is 0. The number of aliphatic hydroxyl groups excluding tert-OH is 1. The second kappa shape index (κ2) is 6.37. The van der Waals surface area contributed by atoms with Crippen molar-refractivity contribution in [3.05, 3.63) is 35.4 Å². The lowest BCUT2D eigenvalue weighted by molar-refractivity contribution is -0.138. The summed E-state index contributed by atoms with van der Waals surface area (Å²) in [5.74, 6) is -1.00. The van der Waals surface area contributed by atoms with Crippen LogP contribution in [-0.4, -0.2) is 22.2 Å². The summed E-state index contributed by atoms with van der Waals surface area (Å²) < 4.78 is 0. The zero-order valence-electron chi connectivity index (χ0n) is 9.97. The SMILES string of the molecule is CCCc1ccc(C(O)C(N)CC(=O)O)cc1. The molecule has 4 nitrogen and oxygen atoms in total. The number of aryl methyl sites for hydroxylation is 1. The van der Waals surface area contributed by atoms with Crippen LogP contribution < -0.4 is 5.73 Å². The Labute approximate surface area is 101 Å². The Bertz CT molecular complexity index is 361. The van der Waals surface area contributed by atoms with Gasteiger partial charge in [-0.15, -0.1) is 0 Å². The van der Waals surface area contributed by atoms with E-state index in [2.05, 4.69) is 6.92 Å². The van der Waals surface area contributed by atoms with E-state index in [4.69, 9.17) is 10.8 Å². The van der Waals surface area contributed by atoms with E-state index in [1.807, 2.05) is 12.1 Å². The molecular weight excluding hydrogens is 218 g/mol. The largest absolute Gasteiger partial charge is 0.481 e. The molecule has 0 saturated heterocycles. The summed E-state index contributed by atoms with van der Waals surface area (Å²) in [6.45, 7) is 2.10. The van der Waals surface area contributed by atoms with Crippen molar-refractivity contribution in [1.29, 1.82) is 0 Å². The zero-order chi connectivity index (χ0) is 12.8. The minimum Gasteiger partial charge on any atom is -0.481 e. The standard InChI is InChI=1S/C13H19NO3/c1-2-3-9-4-6-10(7-5-9)13(17)11(14)8-12(15)16/h4-7,11,13,17H,2-3,8,14H2,1H3,(H,15,16). The van der Waals surface area contributed by atoms with E-state index < -0.39 is 18.1 Å². The molecule has 94 valence electrons. The minimum atomic E-state index is -1.00. The maximum absolute atomic E-state index is 10.5. The fourth-order valence-electron chi connectivity index (χ4n) is 1.73. The van der Waals surface area contributed by atoms with Crippen molar-refractivity contribution in [3.63, 3.8) is 0 Å². The molecule has 0 bridgehead atoms. The molecule has 0 heterocycles. The van der Waals surface area contributed by atoms with E-state index >= 15 is 0 Å². The van der Waals surface area contributed by atoms with Gasteiger partial charge in [0.2, 0.25) is 0 Å². The predicted molar refractivity (Wildman–Crippen MR) is 65.6 cm³/mol. The molecule has 0 aliphatic carbocycles. The van der Waals surface area contributed by atoms with Gasteiger partial charge in [-0.05, 0) is 17.5 Å². The van der Waals surface area contributed by atoms with Gasteiger partial charge in [-0.1, -0.05) is 37.6 Å². The monoisotopic (exact) mass is 237 g/mol. The van der Waals surface area contributed by atoms with E-state index in [0.717, 1.165) is 12.8 Å². The predicted octanol–water partition coefficient (Wildman–Crippen LogP) is 1.47. The van der Waals surface area contributed by atoms with Crippen molar-refractivity contribution in [2.75, 3.05) is 0 Å². The fourth-order valence-corrected chi connectivity index (χ4v) is 1.73. The minimum absolute atomic E-state index is 0.238. The smallest absolute Gasteiger partial charge is 0.305 e. The Balaban J connectivity index is 2.68. The van der Waals surface area contributed by atoms with Crippen LogP contribution in [0, 0.1) is 0 Å². The van der Waals surface area contributed by atoms with E-state index in [0.29, 0.717) is 5.56 Å². The molecule has 0 aliphatic rings. The molecule has 0 aromatic heterocycles. The van der Waals surface area contributed by atoms with Gasteiger partial charge in [0.25, 0.3) is 0 Å². The molecule has 1 aromatic carbocycles. The highest BCUT2D eigenvalue weighted by Crippen LogP contribution is 2.18. The molecule has 4 N–H and O–H groups in total. The third kappa shape index (κ3) is 4.17. The van der Waals surface area contributed by atoms with Gasteiger partial charge in [0, 0.05) is 6.04 Å². The van der Waals surface area contributed by atoms with Crippen LogP contribution in [0.4, 0.5) is 0 Å². The van der Waals surface area contributed by atoms with E-state index in [1.54, 1.807) is 12.1 Å². The maximum atomic E-state index is 10.5. The summed E-state index contributed by atoms with van der Waals surface area (Å²) in [5, 5.41) is 18.5. The van der Waals surface area contributed by atoms with Gasteiger partial charge in [0.05, 0.1) is 12.5 Å². The van der Waals surface area contributed by atoms with Crippen molar-refractivity contribution in [1.82, 2.24) is 0 Å². The van der Waals surface area contributed by atoms with Crippen LogP contribution in [0.2, 0.25) is 0 Å². The van der Waals surface area contributed by atoms with Gasteiger partial charge < -0.3 is 15.9 Å². The van der Waals surface area contributed by atoms with Crippen LogP contribution in [0.5, 0.6) is 0 Å². The lowest BCUT2D eigenvalue weighted by Crippen LogP contribution is -2.30. The third-order valence-corrected chi connectivity index (χ3v) is 2.68. The molecule has 0 aliphatic heterocycles. The Morgan fingerprint density at radius 2 is 1.94 bits per heavy atom. The number of aliphatic hydroxyl groups is 1. The number of benzene rings is 1. The lowest BCUT2D eigenvalue weighted by Gasteiger charge is -2.17. The summed E-state index contributed by atoms with van der Waals surface area (Å²) in [6, 6.07) is 6.71. The molecule has 17 heavy (non-hydrogen) atoms. The third-order valence-electron chi connectivity index (χ3n) is 2.68. The first-order chi connectivity index (χ1) is 8.04. The second-order valence-electron chi connectivity index (χ2n) is 4.20. The number of hydrogen-bond acceptors (Lipinski definition) is 3. The molecule has 2 unspecified atom stereocenters. The molecular formula is C13H19NO3. The summed E-state index contributed by atoms with van der Waals surface area (Å²) >= 11 is 0. The molecule has 1 rings (SSSR count). The molecule has 0 spiro atoms. The van der Waals surface area contributed by atoms with Crippen molar-refractivity contribution in [3.8, 4) is 0 Å². The first-order valence-electron chi connectivity index (χ1n) is 5.79. The van der Waals surface area contributed by atoms with Crippen molar-refractivity contribution in [2.45, 2.75) is 38.3 Å². The lowest BCUT2D eigenvalue weighted by atomic mass is 9.98. The first kappa shape index (κ1) is 13.7. The fraction of sp³-hybridized carbons (Fsp3) is 0.462. The van der Waals surface area contributed by atoms with Crippen molar-refractivity contribution >= 4 is 5.97 Å². The maximum Gasteiger partial charge on any atom is 0.305 e. The van der Waals surface area contributed by atoms with E-state index in [1.165, 1.54) is 5.56 Å². The number of nitrogens with two attached hydrogens (primary N) is 1. The van der Waals surface area contributed by atoms with Crippen LogP contribution in [0.3, 0.4) is 0 Å². The molecule has 0 saturated carbocycles. The van der Waals surface area contributed by atoms with Gasteiger partial charge in [-0.3, -0.25) is 4.79 Å². The normalized spacial score (nSPS) is 14.3. The highest BCUT2D eigenvalue weighted by atomic mass is 16.4. The summed E-state index contributed by atoms with van der Waals surface area (Å²) in [4.78, 5) is 10.5. The van der Waals surface area contributed by atoms with Gasteiger partial charge in [-0.25, -0.2) is 0 Å². The van der Waals surface area contributed by atoms with Gasteiger partial charge in [-0.2, -0.15) is 0 Å². The van der Waals surface area contributed by atoms with Crippen LogP contribution in [0.1, 0.15) is 37.0 Å². The molecule has 0 radical (unpaired) electrons. The number of rotatable bonds is 6. The van der Waals surface area contributed by atoms with Crippen LogP contribution in [-0.2, 0) is 11.2 Å². The highest BCUT2D eigenvalue weighted by Gasteiger charge is 2.19. The van der Waals surface area contributed by atoms with E-state index in [-0.39, 0.29) is 6.42 Å². The Morgan fingerprint density at radius 3 is 2.41 bits per heavy atom. The highest BCUT2D eigenvalue weighted by molar-refractivity contribution is 5.67. The summed E-state index contributed by atoms with van der Waals surface area (Å²) in [6.07, 6.45) is 0.900. The van der Waals surface area contributed by atoms with E-state index in [9.17, 15) is 9.90 Å². The molecule has 1 aromatic rings. The Morgan fingerprint density at radius 1 is 1.35 bits per heavy atom. The molecule has 2 atom stereocenters. The molecule has 0 amide bonds. The number of hydrogen-bond donors (Lipinski definition) is 3. The first-order valence-corrected chi connectivity index (χ1v) is 5.79. The van der Waals surface area contributed by atoms with Crippen LogP contribution in [0.15, 0.2) is 24.3 Å². The Kier molecular flexibility index (Phi) is 5.12. The number of carboxylic acid groups (broad SMARTS) is 1. The van der Waals surface area contributed by atoms with Gasteiger partial charge in [0.1, 0.15) is 0 Å². The number of aliphatic carboxylic acids is 1.